The van der Waals surface area contributed by atoms with Crippen LogP contribution in [-0.4, -0.2) is 47.9 Å². The van der Waals surface area contributed by atoms with Gasteiger partial charge in [0.25, 0.3) is 0 Å². The van der Waals surface area contributed by atoms with Gasteiger partial charge in [-0.1, -0.05) is 48.0 Å². The van der Waals surface area contributed by atoms with Crippen molar-refractivity contribution in [2.24, 2.45) is 16.9 Å². The lowest BCUT2D eigenvalue weighted by atomic mass is 9.83. The van der Waals surface area contributed by atoms with Gasteiger partial charge < -0.3 is 4.74 Å². The highest BCUT2D eigenvalue weighted by Gasteiger charge is 2.65. The third-order valence-corrected chi connectivity index (χ3v) is 7.49. The number of fused-ring (bicyclic) bond motifs is 5. The van der Waals surface area contributed by atoms with Crippen LogP contribution in [0.1, 0.15) is 37.9 Å². The quantitative estimate of drug-likeness (QED) is 0.298. The molecule has 0 aromatic heterocycles. The van der Waals surface area contributed by atoms with Gasteiger partial charge in [-0.05, 0) is 47.5 Å². The fraction of sp³-hybridized carbons (Fsp3) is 0.179. The molecule has 3 aliphatic heterocycles. The molecule has 0 aliphatic carbocycles. The zero-order valence-electron chi connectivity index (χ0n) is 19.6. The molecule has 3 heterocycles. The van der Waals surface area contributed by atoms with Crippen LogP contribution in [0.15, 0.2) is 77.9 Å². The molecule has 3 aliphatic rings. The third kappa shape index (κ3) is 3.40. The van der Waals surface area contributed by atoms with E-state index >= 15 is 0 Å². The number of methoxy groups -OCH3 is 1. The normalized spacial score (nSPS) is 23.5. The Hall–Kier alpha value is -4.30. The number of hydrogen-bond donors (Lipinski definition) is 0. The van der Waals surface area contributed by atoms with Crippen LogP contribution in [-0.2, 0) is 14.3 Å². The van der Waals surface area contributed by atoms with Crippen LogP contribution in [0.25, 0.3) is 0 Å². The molecule has 184 valence electrons. The van der Waals surface area contributed by atoms with Crippen molar-refractivity contribution in [3.8, 4) is 0 Å². The molecule has 0 radical (unpaired) electrons. The maximum Gasteiger partial charge on any atom is 0.339 e. The Morgan fingerprint density at radius 3 is 2.32 bits per heavy atom. The van der Waals surface area contributed by atoms with Gasteiger partial charge in [-0.3, -0.25) is 19.4 Å². The standard InChI is InChI=1S/C28H20ClN3O5/c1-37-28(36)19-8-4-5-9-20(19)31-26(34)21-22(27(31)35)24(25(33)15-10-12-17(29)13-11-15)32-23(21)18-7-3-2-6-16(18)14-30-32/h2-14,21-24H,1H3/t21-,22+,23?,24-/m1/s1. The number of anilines is 1. The number of ketones is 1. The van der Waals surface area contributed by atoms with Gasteiger partial charge in [-0.25, -0.2) is 9.69 Å². The molecular weight excluding hydrogens is 494 g/mol. The molecule has 3 aromatic carbocycles. The number of hydrogen-bond acceptors (Lipinski definition) is 7. The summed E-state index contributed by atoms with van der Waals surface area (Å²) in [4.78, 5) is 55.4. The SMILES string of the molecule is COC(=O)c1ccccc1N1C(=O)[C@H]2[C@@H](C1=O)C1c3ccccc3C=NN1[C@H]2C(=O)c1ccc(Cl)cc1. The zero-order valence-corrected chi connectivity index (χ0v) is 20.3. The average molecular weight is 514 g/mol. The minimum atomic E-state index is -1.02. The molecule has 4 atom stereocenters. The Balaban J connectivity index is 1.50. The van der Waals surface area contributed by atoms with Gasteiger partial charge in [0.1, 0.15) is 6.04 Å². The lowest BCUT2D eigenvalue weighted by Gasteiger charge is -2.34. The van der Waals surface area contributed by atoms with Gasteiger partial charge >= 0.3 is 5.97 Å². The predicted molar refractivity (Wildman–Crippen MR) is 135 cm³/mol. The monoisotopic (exact) mass is 513 g/mol. The first-order valence-electron chi connectivity index (χ1n) is 11.7. The molecule has 3 aromatic rings. The first-order chi connectivity index (χ1) is 17.9. The molecule has 2 saturated heterocycles. The van der Waals surface area contributed by atoms with Gasteiger partial charge in [0.2, 0.25) is 11.8 Å². The summed E-state index contributed by atoms with van der Waals surface area (Å²) in [5.74, 6) is -3.93. The molecule has 6 rings (SSSR count). The number of rotatable bonds is 4. The Morgan fingerprint density at radius 2 is 1.57 bits per heavy atom. The first-order valence-corrected chi connectivity index (χ1v) is 12.1. The summed E-state index contributed by atoms with van der Waals surface area (Å²) in [6, 6.07) is 18.5. The summed E-state index contributed by atoms with van der Waals surface area (Å²) in [6.07, 6.45) is 1.65. The van der Waals surface area contributed by atoms with E-state index in [2.05, 4.69) is 5.10 Å². The van der Waals surface area contributed by atoms with Crippen molar-refractivity contribution >= 4 is 47.1 Å². The van der Waals surface area contributed by atoms with E-state index in [9.17, 15) is 19.2 Å². The molecule has 0 spiro atoms. The second kappa shape index (κ2) is 8.67. The van der Waals surface area contributed by atoms with E-state index in [4.69, 9.17) is 16.3 Å². The van der Waals surface area contributed by atoms with Crippen molar-refractivity contribution in [2.75, 3.05) is 12.0 Å². The van der Waals surface area contributed by atoms with Gasteiger partial charge in [-0.15, -0.1) is 0 Å². The minimum absolute atomic E-state index is 0.0890. The Labute approximate surface area is 217 Å². The molecule has 37 heavy (non-hydrogen) atoms. The summed E-state index contributed by atoms with van der Waals surface area (Å²) >= 11 is 6.03. The van der Waals surface area contributed by atoms with Crippen LogP contribution >= 0.6 is 11.6 Å². The maximum absolute atomic E-state index is 14.0. The Bertz CT molecular complexity index is 1500. The van der Waals surface area contributed by atoms with Crippen molar-refractivity contribution in [3.05, 3.63) is 100 Å². The number of amides is 2. The fourth-order valence-corrected chi connectivity index (χ4v) is 5.77. The molecule has 0 saturated carbocycles. The van der Waals surface area contributed by atoms with Crippen molar-refractivity contribution in [1.29, 1.82) is 0 Å². The molecular formula is C28H20ClN3O5. The number of benzene rings is 3. The Morgan fingerprint density at radius 1 is 0.892 bits per heavy atom. The predicted octanol–water partition coefficient (Wildman–Crippen LogP) is 3.89. The first kappa shape index (κ1) is 23.1. The van der Waals surface area contributed by atoms with Crippen LogP contribution in [0.2, 0.25) is 5.02 Å². The van der Waals surface area contributed by atoms with Crippen molar-refractivity contribution in [1.82, 2.24) is 5.01 Å². The number of nitrogens with zero attached hydrogens (tertiary/aromatic N) is 3. The largest absolute Gasteiger partial charge is 0.465 e. The summed E-state index contributed by atoms with van der Waals surface area (Å²) in [5, 5.41) is 6.62. The average Bonchev–Trinajstić information content (AvgIpc) is 3.40. The van der Waals surface area contributed by atoms with Crippen LogP contribution in [0.3, 0.4) is 0 Å². The third-order valence-electron chi connectivity index (χ3n) is 7.24. The number of carbonyl (C=O) groups excluding carboxylic acids is 4. The summed E-state index contributed by atoms with van der Waals surface area (Å²) in [7, 11) is 1.23. The summed E-state index contributed by atoms with van der Waals surface area (Å²) < 4.78 is 4.88. The smallest absolute Gasteiger partial charge is 0.339 e. The summed E-state index contributed by atoms with van der Waals surface area (Å²) in [5.41, 5.74) is 2.21. The number of hydrazone groups is 1. The van der Waals surface area contributed by atoms with Crippen molar-refractivity contribution in [3.63, 3.8) is 0 Å². The van der Waals surface area contributed by atoms with Crippen LogP contribution in [0, 0.1) is 11.8 Å². The number of para-hydroxylation sites is 1. The van der Waals surface area contributed by atoms with E-state index in [0.29, 0.717) is 10.6 Å². The highest BCUT2D eigenvalue weighted by Crippen LogP contribution is 2.53. The zero-order chi connectivity index (χ0) is 25.8. The molecule has 9 heteroatoms. The summed E-state index contributed by atoms with van der Waals surface area (Å²) in [6.45, 7) is 0. The van der Waals surface area contributed by atoms with Crippen LogP contribution < -0.4 is 4.90 Å². The second-order valence-electron chi connectivity index (χ2n) is 9.09. The second-order valence-corrected chi connectivity index (χ2v) is 9.52. The van der Waals surface area contributed by atoms with Crippen molar-refractivity contribution in [2.45, 2.75) is 12.1 Å². The number of halogens is 1. The number of ether oxygens (including phenoxy) is 1. The van der Waals surface area contributed by atoms with E-state index in [1.807, 2.05) is 24.3 Å². The number of Topliss-reactive ketones (excluding diaryl/α,β-unsaturated/α-hetero) is 1. The van der Waals surface area contributed by atoms with Crippen molar-refractivity contribution < 1.29 is 23.9 Å². The van der Waals surface area contributed by atoms with E-state index in [0.717, 1.165) is 16.0 Å². The van der Waals surface area contributed by atoms with Gasteiger partial charge in [0, 0.05) is 10.6 Å². The van der Waals surface area contributed by atoms with Gasteiger partial charge in [0.15, 0.2) is 5.78 Å². The van der Waals surface area contributed by atoms with Crippen LogP contribution in [0.5, 0.6) is 0 Å². The minimum Gasteiger partial charge on any atom is -0.465 e. The maximum atomic E-state index is 14.0. The van der Waals surface area contributed by atoms with Gasteiger partial charge in [0.05, 0.1) is 42.5 Å². The number of imide groups is 1. The highest BCUT2D eigenvalue weighted by atomic mass is 35.5. The topological polar surface area (TPSA) is 96.3 Å². The molecule has 0 N–H and O–H groups in total. The number of esters is 1. The fourth-order valence-electron chi connectivity index (χ4n) is 5.64. The van der Waals surface area contributed by atoms with Crippen LogP contribution in [0.4, 0.5) is 5.69 Å². The van der Waals surface area contributed by atoms with E-state index in [1.165, 1.54) is 19.2 Å². The van der Waals surface area contributed by atoms with E-state index < -0.39 is 41.7 Å². The molecule has 1 unspecified atom stereocenters. The molecule has 8 nitrogen and oxygen atoms in total. The van der Waals surface area contributed by atoms with Gasteiger partial charge in [-0.2, -0.15) is 5.10 Å². The van der Waals surface area contributed by atoms with E-state index in [1.54, 1.807) is 47.6 Å². The lowest BCUT2D eigenvalue weighted by molar-refractivity contribution is -0.124. The van der Waals surface area contributed by atoms with E-state index in [-0.39, 0.29) is 17.0 Å². The molecule has 2 fully saturated rings. The molecule has 2 amide bonds. The Kier molecular flexibility index (Phi) is 5.42. The molecule has 0 bridgehead atoms. The lowest BCUT2D eigenvalue weighted by Crippen LogP contribution is -2.45. The highest BCUT2D eigenvalue weighted by molar-refractivity contribution is 6.30. The number of carbonyl (C=O) groups is 4.